The molecule has 0 saturated carbocycles. The normalized spacial score (nSPS) is 11.4. The second kappa shape index (κ2) is 12.7. The van der Waals surface area contributed by atoms with Gasteiger partial charge in [-0.05, 0) is 47.9 Å². The van der Waals surface area contributed by atoms with E-state index >= 15 is 0 Å². The van der Waals surface area contributed by atoms with Gasteiger partial charge >= 0.3 is 29.6 Å². The first-order chi connectivity index (χ1) is 18.1. The van der Waals surface area contributed by atoms with Gasteiger partial charge in [0.2, 0.25) is 5.91 Å². The summed E-state index contributed by atoms with van der Waals surface area (Å²) in [6, 6.07) is 18.7. The van der Waals surface area contributed by atoms with Crippen molar-refractivity contribution in [2.24, 2.45) is 5.92 Å². The number of nitrogens with one attached hydrogen (secondary N) is 1. The van der Waals surface area contributed by atoms with Gasteiger partial charge in [0, 0.05) is 28.7 Å². The van der Waals surface area contributed by atoms with E-state index in [1.54, 1.807) is 33.1 Å². The van der Waals surface area contributed by atoms with E-state index in [1.165, 1.54) is 37.5 Å². The number of allylic oxidation sites excluding steroid dienone is 1. The maximum absolute atomic E-state index is 12.9. The average Bonchev–Trinajstić information content (AvgIpc) is 3.35. The van der Waals surface area contributed by atoms with Crippen LogP contribution in [-0.2, 0) is 14.8 Å². The van der Waals surface area contributed by atoms with Crippen LogP contribution in [0.25, 0.3) is 28.2 Å². The van der Waals surface area contributed by atoms with Crippen LogP contribution in [0.3, 0.4) is 0 Å². The maximum Gasteiger partial charge on any atom is 1.00 e. The summed E-state index contributed by atoms with van der Waals surface area (Å²) in [6.45, 7) is 3.19. The molecule has 0 aliphatic heterocycles. The molecule has 0 saturated heterocycles. The van der Waals surface area contributed by atoms with Crippen molar-refractivity contribution in [3.63, 3.8) is 0 Å². The van der Waals surface area contributed by atoms with Crippen LogP contribution >= 0.6 is 0 Å². The minimum absolute atomic E-state index is 0. The SMILES string of the molecule is COc1cc(OC)c(-c2cc3ccccc3[n-]2)cc1/C=C/C(=O)c1ccc(S(=O)(=O)NC(=O)C(C)C)cc1.[Na+]. The molecule has 39 heavy (non-hydrogen) atoms. The van der Waals surface area contributed by atoms with Crippen molar-refractivity contribution < 1.29 is 57.0 Å². The number of fused-ring (bicyclic) bond motifs is 1. The van der Waals surface area contributed by atoms with E-state index in [9.17, 15) is 18.0 Å². The van der Waals surface area contributed by atoms with Crippen molar-refractivity contribution in [2.45, 2.75) is 18.7 Å². The Bertz CT molecular complexity index is 1610. The zero-order chi connectivity index (χ0) is 27.4. The zero-order valence-corrected chi connectivity index (χ0v) is 25.2. The number of hydrogen-bond acceptors (Lipinski definition) is 6. The van der Waals surface area contributed by atoms with Crippen LogP contribution in [-0.4, -0.2) is 34.3 Å². The van der Waals surface area contributed by atoms with Gasteiger partial charge in [-0.25, -0.2) is 13.1 Å². The van der Waals surface area contributed by atoms with Gasteiger partial charge in [-0.2, -0.15) is 0 Å². The van der Waals surface area contributed by atoms with Crippen LogP contribution in [0, 0.1) is 5.92 Å². The fourth-order valence-electron chi connectivity index (χ4n) is 3.78. The number of nitrogens with zero attached hydrogens (tertiary/aromatic N) is 1. The van der Waals surface area contributed by atoms with Crippen molar-refractivity contribution >= 4 is 38.7 Å². The molecule has 0 fully saturated rings. The Morgan fingerprint density at radius 2 is 1.59 bits per heavy atom. The minimum atomic E-state index is -4.02. The van der Waals surface area contributed by atoms with Crippen LogP contribution in [0.4, 0.5) is 0 Å². The van der Waals surface area contributed by atoms with Gasteiger partial charge in [-0.1, -0.05) is 44.2 Å². The van der Waals surface area contributed by atoms with Crippen LogP contribution in [0.1, 0.15) is 29.8 Å². The van der Waals surface area contributed by atoms with Gasteiger partial charge in [-0.15, -0.1) is 11.2 Å². The number of amides is 1. The molecule has 0 aliphatic rings. The quantitative estimate of drug-likeness (QED) is 0.191. The molecule has 8 nitrogen and oxygen atoms in total. The second-order valence-electron chi connectivity index (χ2n) is 8.84. The van der Waals surface area contributed by atoms with Gasteiger partial charge in [-0.3, -0.25) is 9.59 Å². The van der Waals surface area contributed by atoms with Gasteiger partial charge in [0.1, 0.15) is 11.5 Å². The minimum Gasteiger partial charge on any atom is -0.657 e. The van der Waals surface area contributed by atoms with E-state index in [4.69, 9.17) is 14.5 Å². The molecule has 3 aromatic carbocycles. The van der Waals surface area contributed by atoms with E-state index in [-0.39, 0.29) is 45.8 Å². The van der Waals surface area contributed by atoms with E-state index in [0.717, 1.165) is 22.2 Å². The molecule has 0 unspecified atom stereocenters. The van der Waals surface area contributed by atoms with E-state index in [2.05, 4.69) is 0 Å². The van der Waals surface area contributed by atoms with E-state index in [1.807, 2.05) is 41.1 Å². The molecule has 4 aromatic rings. The standard InChI is InChI=1S/C29H27N2O6S.Na/c1-18(2)29(33)31-38(34,35)22-12-9-19(10-13-22)26(32)14-11-21-15-23(28(37-4)17-27(21)36-3)25-16-20-7-5-6-8-24(20)30-25;/h5-18H,1-4H3,(H,31,33);/q-1;+1/b14-11+;. The number of benzene rings is 3. The number of rotatable bonds is 9. The number of ketones is 1. The summed E-state index contributed by atoms with van der Waals surface area (Å²) >= 11 is 0. The number of methoxy groups -OCH3 is 2. The Kier molecular flexibility index (Phi) is 9.79. The summed E-state index contributed by atoms with van der Waals surface area (Å²) in [5, 5.41) is 1.00. The monoisotopic (exact) mass is 554 g/mol. The Labute approximate surface area is 249 Å². The van der Waals surface area contributed by atoms with Crippen molar-refractivity contribution in [1.82, 2.24) is 9.71 Å². The number of ether oxygens (including phenoxy) is 2. The number of carbonyl (C=O) groups excluding carboxylic acids is 2. The predicted octanol–water partition coefficient (Wildman–Crippen LogP) is 1.84. The topological polar surface area (TPSA) is 113 Å². The molecular weight excluding hydrogens is 527 g/mol. The first kappa shape index (κ1) is 30.2. The summed E-state index contributed by atoms with van der Waals surface area (Å²) < 4.78 is 37.9. The summed E-state index contributed by atoms with van der Waals surface area (Å²) in [5.41, 5.74) is 3.26. The number of carbonyl (C=O) groups is 2. The third kappa shape index (κ3) is 6.80. The molecule has 196 valence electrons. The molecule has 0 bridgehead atoms. The van der Waals surface area contributed by atoms with Crippen molar-refractivity contribution in [3.8, 4) is 22.8 Å². The molecule has 0 aliphatic carbocycles. The van der Waals surface area contributed by atoms with Crippen molar-refractivity contribution in [1.29, 1.82) is 0 Å². The van der Waals surface area contributed by atoms with E-state index in [0.29, 0.717) is 17.1 Å². The predicted molar refractivity (Wildman–Crippen MR) is 146 cm³/mol. The van der Waals surface area contributed by atoms with E-state index < -0.39 is 21.8 Å². The van der Waals surface area contributed by atoms with Crippen LogP contribution in [0.2, 0.25) is 0 Å². The third-order valence-electron chi connectivity index (χ3n) is 5.92. The Hall–Kier alpha value is -3.37. The summed E-state index contributed by atoms with van der Waals surface area (Å²) in [7, 11) is -0.927. The van der Waals surface area contributed by atoms with Crippen LogP contribution in [0.5, 0.6) is 11.5 Å². The van der Waals surface area contributed by atoms with Gasteiger partial charge in [0.05, 0.1) is 19.1 Å². The summed E-state index contributed by atoms with van der Waals surface area (Å²) in [4.78, 5) is 29.3. The second-order valence-corrected chi connectivity index (χ2v) is 10.5. The number of aromatic nitrogens is 1. The molecular formula is C29H27N2NaO6S. The summed E-state index contributed by atoms with van der Waals surface area (Å²) in [6.07, 6.45) is 3.01. The molecule has 1 N–H and O–H groups in total. The van der Waals surface area contributed by atoms with Gasteiger partial charge < -0.3 is 14.5 Å². The molecule has 0 radical (unpaired) electrons. The smallest absolute Gasteiger partial charge is 0.657 e. The largest absolute Gasteiger partial charge is 1.00 e. The first-order valence-electron chi connectivity index (χ1n) is 11.8. The number of para-hydroxylation sites is 1. The number of hydrogen-bond donors (Lipinski definition) is 1. The first-order valence-corrected chi connectivity index (χ1v) is 13.3. The fourth-order valence-corrected chi connectivity index (χ4v) is 4.89. The Balaban J connectivity index is 0.00000420. The average molecular weight is 555 g/mol. The van der Waals surface area contributed by atoms with Crippen LogP contribution < -0.4 is 48.7 Å². The number of sulfonamides is 1. The molecule has 10 heteroatoms. The third-order valence-corrected chi connectivity index (χ3v) is 7.28. The zero-order valence-electron chi connectivity index (χ0n) is 22.4. The molecule has 1 amide bonds. The molecule has 0 spiro atoms. The van der Waals surface area contributed by atoms with Crippen molar-refractivity contribution in [3.05, 3.63) is 83.9 Å². The van der Waals surface area contributed by atoms with Gasteiger partial charge in [0.25, 0.3) is 10.0 Å². The molecule has 1 aromatic heterocycles. The molecule has 1 heterocycles. The van der Waals surface area contributed by atoms with Crippen LogP contribution in [0.15, 0.2) is 77.7 Å². The summed E-state index contributed by atoms with van der Waals surface area (Å²) in [5.74, 6) is -0.342. The molecule has 0 atom stereocenters. The Morgan fingerprint density at radius 1 is 0.923 bits per heavy atom. The van der Waals surface area contributed by atoms with Gasteiger partial charge in [0.15, 0.2) is 5.78 Å². The fraction of sp³-hybridized carbons (Fsp3) is 0.172. The molecule has 4 rings (SSSR count). The maximum atomic E-state index is 12.9. The Morgan fingerprint density at radius 3 is 2.21 bits per heavy atom. The van der Waals surface area contributed by atoms with Crippen molar-refractivity contribution in [2.75, 3.05) is 14.2 Å².